The number of nitro groups is 1. The van der Waals surface area contributed by atoms with E-state index >= 15 is 0 Å². The molecular weight excluding hydrogens is 234 g/mol. The van der Waals surface area contributed by atoms with Crippen LogP contribution in [0.25, 0.3) is 6.08 Å². The lowest BCUT2D eigenvalue weighted by Crippen LogP contribution is -2.25. The van der Waals surface area contributed by atoms with Crippen molar-refractivity contribution in [2.75, 3.05) is 7.05 Å². The lowest BCUT2D eigenvalue weighted by molar-refractivity contribution is -0.385. The van der Waals surface area contributed by atoms with E-state index in [1.54, 1.807) is 32.2 Å². The minimum Gasteiger partial charge on any atom is -0.298 e. The molecule has 1 aliphatic heterocycles. The van der Waals surface area contributed by atoms with E-state index in [9.17, 15) is 14.9 Å². The number of hydrogen-bond donors (Lipinski definition) is 0. The fraction of sp³-hybridized carbons (Fsp3) is 0.167. The van der Waals surface area contributed by atoms with Crippen molar-refractivity contribution in [1.29, 1.82) is 0 Å². The highest BCUT2D eigenvalue weighted by Crippen LogP contribution is 2.23. The predicted octanol–water partition coefficient (Wildman–Crippen LogP) is 1.83. The number of benzene rings is 1. The van der Waals surface area contributed by atoms with Crippen LogP contribution in [0.15, 0.2) is 35.0 Å². The summed E-state index contributed by atoms with van der Waals surface area (Å²) in [5.41, 5.74) is 0.544. The highest BCUT2D eigenvalue weighted by atomic mass is 16.6. The van der Waals surface area contributed by atoms with Crippen molar-refractivity contribution in [3.05, 3.63) is 45.6 Å². The van der Waals surface area contributed by atoms with Gasteiger partial charge in [-0.25, -0.2) is 4.99 Å². The van der Waals surface area contributed by atoms with Crippen LogP contribution in [0.3, 0.4) is 0 Å². The van der Waals surface area contributed by atoms with Gasteiger partial charge in [-0.3, -0.25) is 19.8 Å². The molecule has 1 amide bonds. The molecule has 6 nitrogen and oxygen atoms in total. The van der Waals surface area contributed by atoms with Gasteiger partial charge in [0.15, 0.2) is 0 Å². The summed E-state index contributed by atoms with van der Waals surface area (Å²) in [6, 6.07) is 6.24. The van der Waals surface area contributed by atoms with Gasteiger partial charge in [0.2, 0.25) is 0 Å². The summed E-state index contributed by atoms with van der Waals surface area (Å²) in [6.45, 7) is 1.71. The van der Waals surface area contributed by atoms with E-state index in [0.29, 0.717) is 11.4 Å². The van der Waals surface area contributed by atoms with Gasteiger partial charge in [0.25, 0.3) is 11.6 Å². The molecule has 0 bridgehead atoms. The molecule has 1 aliphatic rings. The van der Waals surface area contributed by atoms with Crippen molar-refractivity contribution in [2.45, 2.75) is 6.92 Å². The molecule has 1 heterocycles. The number of hydrogen-bond acceptors (Lipinski definition) is 4. The van der Waals surface area contributed by atoms with E-state index in [0.717, 1.165) is 0 Å². The van der Waals surface area contributed by atoms with Crippen molar-refractivity contribution >= 4 is 23.5 Å². The van der Waals surface area contributed by atoms with Gasteiger partial charge >= 0.3 is 0 Å². The van der Waals surface area contributed by atoms with Crippen molar-refractivity contribution in [1.82, 2.24) is 4.90 Å². The Morgan fingerprint density at radius 1 is 1.39 bits per heavy atom. The maximum Gasteiger partial charge on any atom is 0.277 e. The van der Waals surface area contributed by atoms with Crippen LogP contribution < -0.4 is 0 Å². The SMILES string of the molecule is CC1=N/C(=C/c2ccccc2[N+](=O)[O-])C(=O)N1C. The van der Waals surface area contributed by atoms with Gasteiger partial charge in [-0.05, 0) is 19.1 Å². The number of aliphatic imine (C=N–C) groups is 1. The molecule has 0 saturated heterocycles. The van der Waals surface area contributed by atoms with Gasteiger partial charge in [-0.1, -0.05) is 12.1 Å². The monoisotopic (exact) mass is 245 g/mol. The quantitative estimate of drug-likeness (QED) is 0.453. The molecule has 0 aliphatic carbocycles. The van der Waals surface area contributed by atoms with Crippen LogP contribution in [-0.2, 0) is 4.79 Å². The van der Waals surface area contributed by atoms with Gasteiger partial charge < -0.3 is 0 Å². The zero-order valence-electron chi connectivity index (χ0n) is 9.95. The fourth-order valence-corrected chi connectivity index (χ4v) is 1.63. The third-order valence-corrected chi connectivity index (χ3v) is 2.72. The number of amides is 1. The Hall–Kier alpha value is -2.50. The highest BCUT2D eigenvalue weighted by molar-refractivity contribution is 6.13. The summed E-state index contributed by atoms with van der Waals surface area (Å²) >= 11 is 0. The lowest BCUT2D eigenvalue weighted by Gasteiger charge is -2.06. The first-order valence-corrected chi connectivity index (χ1v) is 5.29. The molecule has 2 rings (SSSR count). The second-order valence-electron chi connectivity index (χ2n) is 3.87. The van der Waals surface area contributed by atoms with E-state index in [1.165, 1.54) is 17.0 Å². The van der Waals surface area contributed by atoms with Crippen LogP contribution in [0.1, 0.15) is 12.5 Å². The van der Waals surface area contributed by atoms with Crippen LogP contribution in [0.2, 0.25) is 0 Å². The number of para-hydroxylation sites is 1. The second-order valence-corrected chi connectivity index (χ2v) is 3.87. The third kappa shape index (κ3) is 2.00. The molecule has 0 saturated carbocycles. The zero-order valence-corrected chi connectivity index (χ0v) is 9.95. The Morgan fingerprint density at radius 2 is 2.06 bits per heavy atom. The Balaban J connectivity index is 2.47. The largest absolute Gasteiger partial charge is 0.298 e. The summed E-state index contributed by atoms with van der Waals surface area (Å²) in [4.78, 5) is 27.6. The lowest BCUT2D eigenvalue weighted by atomic mass is 10.1. The molecule has 92 valence electrons. The number of carbonyl (C=O) groups is 1. The van der Waals surface area contributed by atoms with E-state index in [4.69, 9.17) is 0 Å². The van der Waals surface area contributed by atoms with Crippen LogP contribution >= 0.6 is 0 Å². The zero-order chi connectivity index (χ0) is 13.3. The van der Waals surface area contributed by atoms with E-state index < -0.39 is 4.92 Å². The number of nitro benzene ring substituents is 1. The van der Waals surface area contributed by atoms with Crippen molar-refractivity contribution in [3.8, 4) is 0 Å². The Kier molecular flexibility index (Phi) is 2.93. The molecule has 0 atom stereocenters. The first-order chi connectivity index (χ1) is 8.50. The minimum atomic E-state index is -0.480. The van der Waals surface area contributed by atoms with Gasteiger partial charge in [-0.2, -0.15) is 0 Å². The Morgan fingerprint density at radius 3 is 2.61 bits per heavy atom. The van der Waals surface area contributed by atoms with E-state index in [-0.39, 0.29) is 17.3 Å². The third-order valence-electron chi connectivity index (χ3n) is 2.72. The van der Waals surface area contributed by atoms with E-state index in [2.05, 4.69) is 4.99 Å². The maximum absolute atomic E-state index is 11.8. The first-order valence-electron chi connectivity index (χ1n) is 5.29. The summed E-state index contributed by atoms with van der Waals surface area (Å²) in [6.07, 6.45) is 1.44. The van der Waals surface area contributed by atoms with E-state index in [1.807, 2.05) is 0 Å². The molecule has 0 N–H and O–H groups in total. The van der Waals surface area contributed by atoms with Gasteiger partial charge in [-0.15, -0.1) is 0 Å². The summed E-state index contributed by atoms with van der Waals surface area (Å²) in [5.74, 6) is 0.315. The minimum absolute atomic E-state index is 0.0415. The second kappa shape index (κ2) is 4.40. The molecule has 1 aromatic rings. The molecular formula is C12H11N3O3. The predicted molar refractivity (Wildman–Crippen MR) is 67.0 cm³/mol. The number of likely N-dealkylation sites (N-methyl/N-ethyl adjacent to an activating group) is 1. The average Bonchev–Trinajstić information content (AvgIpc) is 2.57. The maximum atomic E-state index is 11.8. The smallest absolute Gasteiger partial charge is 0.277 e. The molecule has 0 unspecified atom stereocenters. The molecule has 0 aromatic heterocycles. The molecule has 1 aromatic carbocycles. The van der Waals surface area contributed by atoms with Crippen molar-refractivity contribution in [2.24, 2.45) is 4.99 Å². The van der Waals surface area contributed by atoms with Crippen LogP contribution in [0.4, 0.5) is 5.69 Å². The van der Waals surface area contributed by atoms with Gasteiger partial charge in [0, 0.05) is 13.1 Å². The number of carbonyl (C=O) groups excluding carboxylic acids is 1. The summed E-state index contributed by atoms with van der Waals surface area (Å²) < 4.78 is 0. The fourth-order valence-electron chi connectivity index (χ4n) is 1.63. The van der Waals surface area contributed by atoms with Crippen LogP contribution in [-0.4, -0.2) is 28.6 Å². The average molecular weight is 245 g/mol. The van der Waals surface area contributed by atoms with Gasteiger partial charge in [0.1, 0.15) is 11.5 Å². The Bertz CT molecular complexity index is 590. The Labute approximate surface area is 103 Å². The van der Waals surface area contributed by atoms with Gasteiger partial charge in [0.05, 0.1) is 10.5 Å². The highest BCUT2D eigenvalue weighted by Gasteiger charge is 2.24. The number of amidine groups is 1. The van der Waals surface area contributed by atoms with Crippen molar-refractivity contribution < 1.29 is 9.72 Å². The standard InChI is InChI=1S/C12H11N3O3/c1-8-13-10(12(16)14(8)2)7-9-5-3-4-6-11(9)15(17)18/h3-7H,1-2H3/b10-7+. The van der Waals surface area contributed by atoms with Crippen LogP contribution in [0.5, 0.6) is 0 Å². The number of rotatable bonds is 2. The first kappa shape index (κ1) is 12.0. The van der Waals surface area contributed by atoms with Crippen molar-refractivity contribution in [3.63, 3.8) is 0 Å². The number of nitrogens with zero attached hydrogens (tertiary/aromatic N) is 3. The molecule has 0 fully saturated rings. The summed E-state index contributed by atoms with van der Waals surface area (Å²) in [5, 5.41) is 10.9. The summed E-state index contributed by atoms with van der Waals surface area (Å²) in [7, 11) is 1.61. The topological polar surface area (TPSA) is 75.8 Å². The van der Waals surface area contributed by atoms with Crippen LogP contribution in [0, 0.1) is 10.1 Å². The molecule has 0 spiro atoms. The molecule has 0 radical (unpaired) electrons. The molecule has 6 heteroatoms. The molecule has 18 heavy (non-hydrogen) atoms. The normalized spacial score (nSPS) is 17.2.